The number of anilines is 1. The zero-order valence-corrected chi connectivity index (χ0v) is 12.5. The molecule has 1 aliphatic heterocycles. The number of carbonyl (C=O) groups is 1. The molecule has 2 rings (SSSR count). The third-order valence-corrected chi connectivity index (χ3v) is 3.74. The average Bonchev–Trinajstić information content (AvgIpc) is 2.93. The van der Waals surface area contributed by atoms with Gasteiger partial charge in [0.25, 0.3) is 5.56 Å². The molecule has 0 saturated carbocycles. The summed E-state index contributed by atoms with van der Waals surface area (Å²) in [4.78, 5) is 25.9. The van der Waals surface area contributed by atoms with E-state index in [0.29, 0.717) is 18.2 Å². The number of likely N-dealkylation sites (tertiary alicyclic amines) is 1. The van der Waals surface area contributed by atoms with E-state index in [9.17, 15) is 9.59 Å². The predicted octanol–water partition coefficient (Wildman–Crippen LogP) is 0.279. The normalized spacial score (nSPS) is 16.8. The van der Waals surface area contributed by atoms with Gasteiger partial charge in [-0.05, 0) is 37.9 Å². The Morgan fingerprint density at radius 3 is 2.81 bits per heavy atom. The molecule has 1 unspecified atom stereocenters. The second-order valence-electron chi connectivity index (χ2n) is 5.85. The lowest BCUT2D eigenvalue weighted by Gasteiger charge is -2.20. The first kappa shape index (κ1) is 15.6. The van der Waals surface area contributed by atoms with Gasteiger partial charge >= 0.3 is 0 Å². The van der Waals surface area contributed by atoms with Crippen LogP contribution in [0.2, 0.25) is 0 Å². The topological polar surface area (TPSA) is 80.4 Å². The second-order valence-corrected chi connectivity index (χ2v) is 5.85. The number of hydrogen-bond donors (Lipinski definition) is 2. The van der Waals surface area contributed by atoms with E-state index in [1.807, 2.05) is 0 Å². The Bertz CT molecular complexity index is 535. The zero-order chi connectivity index (χ0) is 15.2. The van der Waals surface area contributed by atoms with Crippen LogP contribution in [0.3, 0.4) is 0 Å². The lowest BCUT2D eigenvalue weighted by molar-refractivity contribution is -0.121. The van der Waals surface area contributed by atoms with Crippen molar-refractivity contribution in [1.82, 2.24) is 14.8 Å². The first-order valence-corrected chi connectivity index (χ1v) is 7.49. The first-order valence-electron chi connectivity index (χ1n) is 7.49. The van der Waals surface area contributed by atoms with Crippen molar-refractivity contribution in [2.75, 3.05) is 31.9 Å². The molecule has 1 aromatic heterocycles. The van der Waals surface area contributed by atoms with Crippen LogP contribution in [0.1, 0.15) is 19.8 Å². The number of nitrogens with one attached hydrogen (secondary N) is 1. The van der Waals surface area contributed by atoms with Gasteiger partial charge in [-0.15, -0.1) is 0 Å². The number of nitrogens with zero attached hydrogens (tertiary/aromatic N) is 2. The fraction of sp³-hybridized carbons (Fsp3) is 0.600. The smallest absolute Gasteiger partial charge is 0.251 e. The summed E-state index contributed by atoms with van der Waals surface area (Å²) in [6, 6.07) is 2.91. The third kappa shape index (κ3) is 4.90. The fourth-order valence-corrected chi connectivity index (χ4v) is 2.64. The highest BCUT2D eigenvalue weighted by atomic mass is 16.2. The van der Waals surface area contributed by atoms with Gasteiger partial charge in [-0.1, -0.05) is 6.92 Å². The van der Waals surface area contributed by atoms with E-state index in [-0.39, 0.29) is 18.0 Å². The van der Waals surface area contributed by atoms with Crippen LogP contribution in [0.25, 0.3) is 0 Å². The number of aromatic nitrogens is 1. The van der Waals surface area contributed by atoms with Gasteiger partial charge in [-0.25, -0.2) is 0 Å². The molecule has 0 bridgehead atoms. The predicted molar refractivity (Wildman–Crippen MR) is 83.0 cm³/mol. The van der Waals surface area contributed by atoms with E-state index in [1.165, 1.54) is 35.7 Å². The van der Waals surface area contributed by atoms with Gasteiger partial charge in [0.1, 0.15) is 6.54 Å². The highest BCUT2D eigenvalue weighted by Gasteiger charge is 2.15. The number of nitrogens with two attached hydrogens (primary N) is 1. The van der Waals surface area contributed by atoms with Gasteiger partial charge in [0.05, 0.1) is 0 Å². The van der Waals surface area contributed by atoms with Gasteiger partial charge < -0.3 is 20.5 Å². The summed E-state index contributed by atoms with van der Waals surface area (Å²) < 4.78 is 1.33. The quantitative estimate of drug-likeness (QED) is 0.789. The molecular formula is C15H24N4O2. The number of pyridine rings is 1. The van der Waals surface area contributed by atoms with Gasteiger partial charge in [0, 0.05) is 31.0 Å². The molecule has 6 nitrogen and oxygen atoms in total. The van der Waals surface area contributed by atoms with Gasteiger partial charge in [-0.2, -0.15) is 0 Å². The zero-order valence-electron chi connectivity index (χ0n) is 12.5. The molecule has 1 atom stereocenters. The van der Waals surface area contributed by atoms with Crippen LogP contribution >= 0.6 is 0 Å². The van der Waals surface area contributed by atoms with Crippen molar-refractivity contribution in [3.63, 3.8) is 0 Å². The Balaban J connectivity index is 1.76. The van der Waals surface area contributed by atoms with Crippen molar-refractivity contribution >= 4 is 11.6 Å². The molecule has 21 heavy (non-hydrogen) atoms. The molecule has 2 heterocycles. The van der Waals surface area contributed by atoms with Crippen molar-refractivity contribution in [3.8, 4) is 0 Å². The maximum absolute atomic E-state index is 11.9. The van der Waals surface area contributed by atoms with Crippen LogP contribution < -0.4 is 16.6 Å². The minimum atomic E-state index is -0.218. The molecule has 0 spiro atoms. The van der Waals surface area contributed by atoms with E-state index in [1.54, 1.807) is 0 Å². The lowest BCUT2D eigenvalue weighted by Crippen LogP contribution is -2.37. The summed E-state index contributed by atoms with van der Waals surface area (Å²) >= 11 is 0. The van der Waals surface area contributed by atoms with Crippen LogP contribution in [0, 0.1) is 5.92 Å². The van der Waals surface area contributed by atoms with Crippen LogP contribution in [-0.2, 0) is 11.3 Å². The first-order chi connectivity index (χ1) is 10.0. The third-order valence-electron chi connectivity index (χ3n) is 3.74. The van der Waals surface area contributed by atoms with Crippen molar-refractivity contribution in [1.29, 1.82) is 0 Å². The maximum atomic E-state index is 11.9. The summed E-state index contributed by atoms with van der Waals surface area (Å²) in [6.07, 6.45) is 4.05. The van der Waals surface area contributed by atoms with Crippen molar-refractivity contribution in [3.05, 3.63) is 28.7 Å². The van der Waals surface area contributed by atoms with Crippen LogP contribution in [0.5, 0.6) is 0 Å². The fourth-order valence-electron chi connectivity index (χ4n) is 2.64. The molecule has 3 N–H and O–H groups in total. The van der Waals surface area contributed by atoms with Crippen molar-refractivity contribution in [2.24, 2.45) is 5.92 Å². The second kappa shape index (κ2) is 7.26. The SMILES string of the molecule is CC(CNC(=O)Cn1cc(N)ccc1=O)CN1CCCC1. The summed E-state index contributed by atoms with van der Waals surface area (Å²) in [5.41, 5.74) is 5.88. The number of hydrogen-bond acceptors (Lipinski definition) is 4. The molecule has 1 aliphatic rings. The van der Waals surface area contributed by atoms with Crippen molar-refractivity contribution in [2.45, 2.75) is 26.3 Å². The van der Waals surface area contributed by atoms with E-state index >= 15 is 0 Å². The number of nitrogen functional groups attached to an aromatic ring is 1. The number of rotatable bonds is 6. The van der Waals surface area contributed by atoms with Gasteiger partial charge in [-0.3, -0.25) is 9.59 Å². The van der Waals surface area contributed by atoms with E-state index in [4.69, 9.17) is 5.73 Å². The highest BCUT2D eigenvalue weighted by molar-refractivity contribution is 5.75. The minimum absolute atomic E-state index is 0.0142. The molecular weight excluding hydrogens is 268 g/mol. The molecule has 0 aliphatic carbocycles. The standard InChI is InChI=1S/C15H24N4O2/c1-12(9-18-6-2-3-7-18)8-17-14(20)11-19-10-13(16)4-5-15(19)21/h4-5,10,12H,2-3,6-9,11,16H2,1H3,(H,17,20). The van der Waals surface area contributed by atoms with E-state index in [2.05, 4.69) is 17.1 Å². The molecule has 0 aromatic carbocycles. The Labute approximate surface area is 124 Å². The summed E-state index contributed by atoms with van der Waals surface area (Å²) in [5.74, 6) is 0.251. The Kier molecular flexibility index (Phi) is 5.38. The molecule has 116 valence electrons. The molecule has 1 aromatic rings. The van der Waals surface area contributed by atoms with Crippen LogP contribution in [-0.4, -0.2) is 41.6 Å². The van der Waals surface area contributed by atoms with E-state index in [0.717, 1.165) is 19.6 Å². The van der Waals surface area contributed by atoms with Crippen LogP contribution in [0.15, 0.2) is 23.1 Å². The van der Waals surface area contributed by atoms with Gasteiger partial charge in [0.2, 0.25) is 5.91 Å². The monoisotopic (exact) mass is 292 g/mol. The number of carbonyl (C=O) groups excluding carboxylic acids is 1. The van der Waals surface area contributed by atoms with Crippen molar-refractivity contribution < 1.29 is 4.79 Å². The molecule has 0 radical (unpaired) electrons. The molecule has 6 heteroatoms. The Morgan fingerprint density at radius 2 is 2.10 bits per heavy atom. The van der Waals surface area contributed by atoms with E-state index < -0.39 is 0 Å². The number of amides is 1. The molecule has 1 saturated heterocycles. The summed E-state index contributed by atoms with van der Waals surface area (Å²) in [5, 5.41) is 2.89. The summed E-state index contributed by atoms with van der Waals surface area (Å²) in [7, 11) is 0. The van der Waals surface area contributed by atoms with Crippen LogP contribution in [0.4, 0.5) is 5.69 Å². The largest absolute Gasteiger partial charge is 0.398 e. The summed E-state index contributed by atoms with van der Waals surface area (Å²) in [6.45, 7) is 6.12. The Hall–Kier alpha value is -1.82. The highest BCUT2D eigenvalue weighted by Crippen LogP contribution is 2.09. The average molecular weight is 292 g/mol. The van der Waals surface area contributed by atoms with Gasteiger partial charge in [0.15, 0.2) is 0 Å². The lowest BCUT2D eigenvalue weighted by atomic mass is 10.1. The maximum Gasteiger partial charge on any atom is 0.251 e. The Morgan fingerprint density at radius 1 is 1.38 bits per heavy atom. The molecule has 1 amide bonds. The molecule has 1 fully saturated rings. The minimum Gasteiger partial charge on any atom is -0.398 e.